The van der Waals surface area contributed by atoms with Crippen LogP contribution in [0.2, 0.25) is 0 Å². The van der Waals surface area contributed by atoms with E-state index in [-0.39, 0.29) is 31.5 Å². The Morgan fingerprint density at radius 1 is 1.42 bits per heavy atom. The molecule has 1 saturated heterocycles. The molecule has 3 rings (SSSR count). The molecule has 0 aromatic rings. The molecule has 3 fully saturated rings. The molecule has 0 unspecified atom stereocenters. The van der Waals surface area contributed by atoms with Crippen molar-refractivity contribution in [3.63, 3.8) is 0 Å². The van der Waals surface area contributed by atoms with Crippen molar-refractivity contribution in [3.8, 4) is 12.3 Å². The lowest BCUT2D eigenvalue weighted by atomic mass is 9.90. The molecule has 1 N–H and O–H groups in total. The van der Waals surface area contributed by atoms with Crippen LogP contribution in [0, 0.1) is 29.1 Å². The summed E-state index contributed by atoms with van der Waals surface area (Å²) in [6.45, 7) is 3.67. The first kappa shape index (κ1) is 16.6. The molecule has 1 aliphatic heterocycles. The van der Waals surface area contributed by atoms with Crippen LogP contribution in [0.1, 0.15) is 33.1 Å². The summed E-state index contributed by atoms with van der Waals surface area (Å²) in [4.78, 5) is 39.0. The van der Waals surface area contributed by atoms with E-state index >= 15 is 0 Å². The third kappa shape index (κ3) is 2.15. The Hall–Kier alpha value is -2.29. The van der Waals surface area contributed by atoms with Crippen LogP contribution < -0.4 is 0 Å². The van der Waals surface area contributed by atoms with Crippen molar-refractivity contribution in [3.05, 3.63) is 11.6 Å². The first-order valence-electron chi connectivity index (χ1n) is 8.21. The molecule has 3 aliphatic rings. The zero-order valence-electron chi connectivity index (χ0n) is 14.0. The normalized spacial score (nSPS) is 30.9. The van der Waals surface area contributed by atoms with E-state index in [0.29, 0.717) is 0 Å². The Bertz CT molecular complexity index is 682. The number of urea groups is 1. The lowest BCUT2D eigenvalue weighted by molar-refractivity contribution is -0.146. The number of hydrogen-bond donors (Lipinski definition) is 1. The second kappa shape index (κ2) is 5.37. The minimum Gasteiger partial charge on any atom is -0.481 e. The molecule has 2 atom stereocenters. The lowest BCUT2D eigenvalue weighted by Gasteiger charge is -2.22. The minimum atomic E-state index is -1.12. The predicted octanol–water partition coefficient (Wildman–Crippen LogP) is 1.72. The maximum absolute atomic E-state index is 12.4. The number of terminal acetylenes is 1. The largest absolute Gasteiger partial charge is 0.481 e. The van der Waals surface area contributed by atoms with Crippen LogP contribution in [0.15, 0.2) is 11.6 Å². The second-order valence-corrected chi connectivity index (χ2v) is 7.48. The third-order valence-electron chi connectivity index (χ3n) is 5.97. The number of carboxylic acids is 1. The van der Waals surface area contributed by atoms with Gasteiger partial charge in [-0.05, 0) is 24.7 Å². The Kier molecular flexibility index (Phi) is 3.71. The number of nitrogens with zero attached hydrogens (tertiary/aromatic N) is 2. The number of hydrogen-bond acceptors (Lipinski definition) is 3. The standard InChI is InChI=1S/C18H22N2O4/c1-4-8-19-10-14(21)20(16(19)24)11-18(15(22)23)13(17(18,2)3)9-12-6-5-7-12/h1,9,13H,5-8,10-11H2,2-3H3,(H,22,23)/t13-,18+/m1/s1. The van der Waals surface area contributed by atoms with Gasteiger partial charge in [0.25, 0.3) is 0 Å². The van der Waals surface area contributed by atoms with Gasteiger partial charge in [0, 0.05) is 12.5 Å². The molecular formula is C18H22N2O4. The van der Waals surface area contributed by atoms with Gasteiger partial charge in [0.2, 0.25) is 5.91 Å². The summed E-state index contributed by atoms with van der Waals surface area (Å²) in [7, 11) is 0. The van der Waals surface area contributed by atoms with E-state index in [1.165, 1.54) is 10.5 Å². The highest BCUT2D eigenvalue weighted by Crippen LogP contribution is 2.70. The van der Waals surface area contributed by atoms with Crippen molar-refractivity contribution in [1.82, 2.24) is 9.80 Å². The highest BCUT2D eigenvalue weighted by Gasteiger charge is 2.76. The Morgan fingerprint density at radius 3 is 2.58 bits per heavy atom. The monoisotopic (exact) mass is 330 g/mol. The van der Waals surface area contributed by atoms with E-state index in [0.717, 1.165) is 24.2 Å². The van der Waals surface area contributed by atoms with Gasteiger partial charge in [-0.25, -0.2) is 4.79 Å². The van der Waals surface area contributed by atoms with Gasteiger partial charge in [-0.3, -0.25) is 14.5 Å². The quantitative estimate of drug-likeness (QED) is 0.473. The summed E-state index contributed by atoms with van der Waals surface area (Å²) in [6, 6.07) is -0.490. The van der Waals surface area contributed by atoms with Gasteiger partial charge in [-0.1, -0.05) is 31.4 Å². The summed E-state index contributed by atoms with van der Waals surface area (Å²) >= 11 is 0. The summed E-state index contributed by atoms with van der Waals surface area (Å²) in [6.07, 6.45) is 10.4. The van der Waals surface area contributed by atoms with Gasteiger partial charge >= 0.3 is 12.0 Å². The van der Waals surface area contributed by atoms with Crippen molar-refractivity contribution in [2.45, 2.75) is 33.1 Å². The number of carbonyl (C=O) groups excluding carboxylic acids is 2. The van der Waals surface area contributed by atoms with Crippen molar-refractivity contribution < 1.29 is 19.5 Å². The number of rotatable bonds is 5. The van der Waals surface area contributed by atoms with Crippen LogP contribution >= 0.6 is 0 Å². The zero-order chi connectivity index (χ0) is 17.7. The molecule has 24 heavy (non-hydrogen) atoms. The molecular weight excluding hydrogens is 308 g/mol. The number of carbonyl (C=O) groups is 3. The second-order valence-electron chi connectivity index (χ2n) is 7.48. The molecule has 0 aromatic carbocycles. The molecule has 2 saturated carbocycles. The summed E-state index contributed by atoms with van der Waals surface area (Å²) in [5.41, 5.74) is -0.335. The van der Waals surface area contributed by atoms with Crippen molar-refractivity contribution in [1.29, 1.82) is 0 Å². The maximum Gasteiger partial charge on any atom is 0.328 e. The van der Waals surface area contributed by atoms with Gasteiger partial charge in [0.15, 0.2) is 0 Å². The molecule has 128 valence electrons. The van der Waals surface area contributed by atoms with Crippen LogP contribution in [0.4, 0.5) is 4.79 Å². The van der Waals surface area contributed by atoms with E-state index < -0.39 is 22.8 Å². The van der Waals surface area contributed by atoms with Crippen LogP contribution in [-0.2, 0) is 9.59 Å². The fourth-order valence-electron chi connectivity index (χ4n) is 4.04. The molecule has 0 bridgehead atoms. The topological polar surface area (TPSA) is 77.9 Å². The molecule has 0 radical (unpaired) electrons. The number of aliphatic carboxylic acids is 1. The van der Waals surface area contributed by atoms with E-state index in [4.69, 9.17) is 6.42 Å². The van der Waals surface area contributed by atoms with E-state index in [1.54, 1.807) is 0 Å². The molecule has 0 spiro atoms. The van der Waals surface area contributed by atoms with Crippen LogP contribution in [0.25, 0.3) is 0 Å². The van der Waals surface area contributed by atoms with Gasteiger partial charge < -0.3 is 10.0 Å². The van der Waals surface area contributed by atoms with Crippen LogP contribution in [0.5, 0.6) is 0 Å². The first-order chi connectivity index (χ1) is 11.3. The van der Waals surface area contributed by atoms with E-state index in [9.17, 15) is 19.5 Å². The number of amides is 3. The average Bonchev–Trinajstić information content (AvgIpc) is 2.81. The summed E-state index contributed by atoms with van der Waals surface area (Å²) < 4.78 is 0. The van der Waals surface area contributed by atoms with E-state index in [2.05, 4.69) is 12.0 Å². The average molecular weight is 330 g/mol. The van der Waals surface area contributed by atoms with Crippen molar-refractivity contribution >= 4 is 17.9 Å². The van der Waals surface area contributed by atoms with Gasteiger partial charge in [-0.2, -0.15) is 0 Å². The maximum atomic E-state index is 12.4. The van der Waals surface area contributed by atoms with Gasteiger partial charge in [0.1, 0.15) is 6.54 Å². The molecule has 6 heteroatoms. The first-order valence-corrected chi connectivity index (χ1v) is 8.21. The molecule has 2 aliphatic carbocycles. The van der Waals surface area contributed by atoms with E-state index in [1.807, 2.05) is 13.8 Å². The van der Waals surface area contributed by atoms with Crippen LogP contribution in [-0.4, -0.2) is 52.4 Å². The summed E-state index contributed by atoms with van der Waals surface area (Å²) in [5, 5.41) is 9.89. The van der Waals surface area contributed by atoms with Crippen molar-refractivity contribution in [2.24, 2.45) is 16.7 Å². The van der Waals surface area contributed by atoms with Crippen molar-refractivity contribution in [2.75, 3.05) is 19.6 Å². The third-order valence-corrected chi connectivity index (χ3v) is 5.97. The predicted molar refractivity (Wildman–Crippen MR) is 86.8 cm³/mol. The van der Waals surface area contributed by atoms with Gasteiger partial charge in [0.05, 0.1) is 12.0 Å². The lowest BCUT2D eigenvalue weighted by Crippen LogP contribution is -2.42. The SMILES string of the molecule is C#CCN1CC(=O)N(C[C@@]2(C(=O)O)[C@H](C=C3CCC3)C2(C)C)C1=O. The Morgan fingerprint density at radius 2 is 2.08 bits per heavy atom. The van der Waals surface area contributed by atoms with Crippen LogP contribution in [0.3, 0.4) is 0 Å². The fourth-order valence-corrected chi connectivity index (χ4v) is 4.04. The molecule has 1 heterocycles. The number of carboxylic acid groups (broad SMARTS) is 1. The minimum absolute atomic E-state index is 0.0536. The summed E-state index contributed by atoms with van der Waals surface area (Å²) in [5.74, 6) is 0.848. The Labute approximate surface area is 141 Å². The van der Waals surface area contributed by atoms with Gasteiger partial charge in [-0.15, -0.1) is 6.42 Å². The highest BCUT2D eigenvalue weighted by atomic mass is 16.4. The fraction of sp³-hybridized carbons (Fsp3) is 0.611. The smallest absolute Gasteiger partial charge is 0.328 e. The molecule has 0 aromatic heterocycles. The molecule has 3 amide bonds. The Balaban J connectivity index is 1.85. The highest BCUT2D eigenvalue weighted by molar-refractivity contribution is 6.02. The number of allylic oxidation sites excluding steroid dienone is 2. The zero-order valence-corrected chi connectivity index (χ0v) is 14.0. The number of imide groups is 1. The molecule has 6 nitrogen and oxygen atoms in total.